The molecule has 0 bridgehead atoms. The topological polar surface area (TPSA) is 126 Å². The number of piperidine rings is 1. The van der Waals surface area contributed by atoms with Crippen molar-refractivity contribution in [1.29, 1.82) is 0 Å². The number of anilines is 1. The summed E-state index contributed by atoms with van der Waals surface area (Å²) in [6, 6.07) is 0.636. The van der Waals surface area contributed by atoms with Crippen LogP contribution in [0.3, 0.4) is 0 Å². The maximum atomic E-state index is 10.6. The number of aryl methyl sites for hydroxylation is 2. The number of hydrogen-bond donors (Lipinski definition) is 2. The summed E-state index contributed by atoms with van der Waals surface area (Å²) in [7, 11) is 0. The number of allylic oxidation sites excluding steroid dienone is 1. The van der Waals surface area contributed by atoms with Gasteiger partial charge in [-0.2, -0.15) is 18.4 Å². The van der Waals surface area contributed by atoms with Crippen molar-refractivity contribution >= 4 is 11.9 Å². The highest BCUT2D eigenvalue weighted by Crippen LogP contribution is 2.38. The van der Waals surface area contributed by atoms with E-state index in [4.69, 9.17) is 9.90 Å². The smallest absolute Gasteiger partial charge is 0.475 e. The highest BCUT2D eigenvalue weighted by Gasteiger charge is 2.38. The number of nitrogens with one attached hydrogen (secondary N) is 1. The van der Waals surface area contributed by atoms with Gasteiger partial charge in [-0.25, -0.2) is 4.79 Å². The lowest BCUT2D eigenvalue weighted by Crippen LogP contribution is -2.44. The second-order valence-corrected chi connectivity index (χ2v) is 7.54. The number of nitrogens with zero attached hydrogens (tertiary/aromatic N) is 7. The molecular formula is C18H25F3N8O2. The third kappa shape index (κ3) is 5.58. The number of alkyl halides is 3. The number of fused-ring (bicyclic) bond motifs is 1. The molecule has 2 aromatic rings. The molecular weight excluding hydrogens is 417 g/mol. The van der Waals surface area contributed by atoms with E-state index in [0.717, 1.165) is 37.2 Å². The van der Waals surface area contributed by atoms with E-state index in [1.165, 1.54) is 32.1 Å². The first-order valence-corrected chi connectivity index (χ1v) is 10.1. The first kappa shape index (κ1) is 22.7. The normalized spacial score (nSPS) is 20.7. The van der Waals surface area contributed by atoms with Crippen LogP contribution in [0.2, 0.25) is 0 Å². The zero-order valence-corrected chi connectivity index (χ0v) is 16.9. The van der Waals surface area contributed by atoms with Gasteiger partial charge in [-0.3, -0.25) is 4.57 Å². The van der Waals surface area contributed by atoms with Gasteiger partial charge in [0, 0.05) is 32.0 Å². The zero-order chi connectivity index (χ0) is 22.4. The van der Waals surface area contributed by atoms with E-state index in [2.05, 4.69) is 46.9 Å². The van der Waals surface area contributed by atoms with Crippen LogP contribution in [0.1, 0.15) is 43.8 Å². The van der Waals surface area contributed by atoms with E-state index in [0.29, 0.717) is 18.3 Å². The quantitative estimate of drug-likeness (QED) is 0.652. The molecule has 170 valence electrons. The summed E-state index contributed by atoms with van der Waals surface area (Å²) in [5, 5.41) is 30.3. The van der Waals surface area contributed by atoms with Crippen molar-refractivity contribution in [3.05, 3.63) is 24.3 Å². The SMILES string of the molecule is C=CCn1c(CCc2nn[nH]n2)nnc1N1CCCC2CCCC21.O=C(O)C(F)(F)F. The minimum absolute atomic E-state index is 0.636. The lowest BCUT2D eigenvalue weighted by molar-refractivity contribution is -0.192. The van der Waals surface area contributed by atoms with E-state index in [-0.39, 0.29) is 0 Å². The Hall–Kier alpha value is -2.99. The fraction of sp³-hybridized carbons (Fsp3) is 0.667. The van der Waals surface area contributed by atoms with Crippen molar-refractivity contribution < 1.29 is 23.1 Å². The molecule has 1 aliphatic heterocycles. The highest BCUT2D eigenvalue weighted by molar-refractivity contribution is 5.73. The minimum Gasteiger partial charge on any atom is -0.475 e. The van der Waals surface area contributed by atoms with Crippen molar-refractivity contribution in [1.82, 2.24) is 35.4 Å². The third-order valence-electron chi connectivity index (χ3n) is 5.57. The predicted octanol–water partition coefficient (Wildman–Crippen LogP) is 2.16. The molecule has 0 spiro atoms. The van der Waals surface area contributed by atoms with Crippen LogP contribution in [0.25, 0.3) is 0 Å². The summed E-state index contributed by atoms with van der Waals surface area (Å²) in [6.45, 7) is 5.72. The molecule has 2 fully saturated rings. The third-order valence-corrected chi connectivity index (χ3v) is 5.57. The number of carbonyl (C=O) groups is 1. The van der Waals surface area contributed by atoms with Crippen LogP contribution in [0.15, 0.2) is 12.7 Å². The number of halogens is 3. The molecule has 31 heavy (non-hydrogen) atoms. The Kier molecular flexibility index (Phi) is 7.23. The molecule has 0 amide bonds. The number of hydrogen-bond acceptors (Lipinski definition) is 7. The van der Waals surface area contributed by atoms with Gasteiger partial charge in [-0.1, -0.05) is 17.7 Å². The van der Waals surface area contributed by atoms with Gasteiger partial charge in [0.25, 0.3) is 0 Å². The second-order valence-electron chi connectivity index (χ2n) is 7.54. The maximum Gasteiger partial charge on any atom is 0.490 e. The Morgan fingerprint density at radius 1 is 1.19 bits per heavy atom. The lowest BCUT2D eigenvalue weighted by atomic mass is 9.92. The van der Waals surface area contributed by atoms with Crippen molar-refractivity contribution in [2.24, 2.45) is 5.92 Å². The standard InChI is InChI=1S/C16H24N8.C2HF3O2/c1-2-10-24-15(9-8-14-17-21-22-18-14)19-20-16(24)23-11-4-6-12-5-3-7-13(12)23;3-2(4,5)1(6)7/h2,12-13H,1,3-11H2,(H,17,18,21,22);(H,6,7). The van der Waals surface area contributed by atoms with Gasteiger partial charge in [-0.05, 0) is 31.6 Å². The van der Waals surface area contributed by atoms with Crippen LogP contribution in [0.4, 0.5) is 19.1 Å². The van der Waals surface area contributed by atoms with Crippen molar-refractivity contribution in [2.75, 3.05) is 11.4 Å². The van der Waals surface area contributed by atoms with Crippen LogP contribution in [-0.2, 0) is 24.2 Å². The fourth-order valence-electron chi connectivity index (χ4n) is 4.25. The Balaban J connectivity index is 0.000000339. The van der Waals surface area contributed by atoms with Crippen molar-refractivity contribution in [3.8, 4) is 0 Å². The Morgan fingerprint density at radius 3 is 2.58 bits per heavy atom. The van der Waals surface area contributed by atoms with Gasteiger partial charge in [0.15, 0.2) is 5.82 Å². The van der Waals surface area contributed by atoms with Gasteiger partial charge >= 0.3 is 12.1 Å². The highest BCUT2D eigenvalue weighted by atomic mass is 19.4. The van der Waals surface area contributed by atoms with E-state index >= 15 is 0 Å². The summed E-state index contributed by atoms with van der Waals surface area (Å²) >= 11 is 0. The number of tetrazole rings is 1. The van der Waals surface area contributed by atoms with E-state index in [9.17, 15) is 13.2 Å². The van der Waals surface area contributed by atoms with Crippen LogP contribution in [0, 0.1) is 5.92 Å². The Labute approximate surface area is 176 Å². The molecule has 2 atom stereocenters. The van der Waals surface area contributed by atoms with Gasteiger partial charge in [0.2, 0.25) is 5.95 Å². The predicted molar refractivity (Wildman–Crippen MR) is 103 cm³/mol. The van der Waals surface area contributed by atoms with Gasteiger partial charge in [0.1, 0.15) is 5.82 Å². The largest absolute Gasteiger partial charge is 0.490 e. The van der Waals surface area contributed by atoms with E-state index < -0.39 is 12.1 Å². The number of rotatable bonds is 6. The molecule has 1 aliphatic carbocycles. The first-order valence-electron chi connectivity index (χ1n) is 10.1. The fourth-order valence-corrected chi connectivity index (χ4v) is 4.25. The van der Waals surface area contributed by atoms with Crippen LogP contribution >= 0.6 is 0 Å². The molecule has 2 N–H and O–H groups in total. The Bertz CT molecular complexity index is 868. The number of carboxylic acids is 1. The number of H-pyrrole nitrogens is 1. The van der Waals surface area contributed by atoms with Crippen molar-refractivity contribution in [3.63, 3.8) is 0 Å². The molecule has 0 radical (unpaired) electrons. The number of aromatic amines is 1. The molecule has 2 unspecified atom stereocenters. The molecule has 1 saturated carbocycles. The molecule has 4 rings (SSSR count). The summed E-state index contributed by atoms with van der Waals surface area (Å²) in [6.07, 6.45) is 4.89. The lowest BCUT2D eigenvalue weighted by Gasteiger charge is -2.38. The summed E-state index contributed by atoms with van der Waals surface area (Å²) < 4.78 is 33.9. The van der Waals surface area contributed by atoms with Gasteiger partial charge < -0.3 is 10.0 Å². The summed E-state index contributed by atoms with van der Waals surface area (Å²) in [5.74, 6) is 0.755. The number of aliphatic carboxylic acids is 1. The molecule has 13 heteroatoms. The molecule has 1 saturated heterocycles. The maximum absolute atomic E-state index is 10.6. The molecule has 10 nitrogen and oxygen atoms in total. The molecule has 2 aliphatic rings. The van der Waals surface area contributed by atoms with Gasteiger partial charge in [0.05, 0.1) is 0 Å². The molecule has 2 aromatic heterocycles. The van der Waals surface area contributed by atoms with Crippen LogP contribution < -0.4 is 4.90 Å². The van der Waals surface area contributed by atoms with E-state index in [1.54, 1.807) is 0 Å². The summed E-state index contributed by atoms with van der Waals surface area (Å²) in [4.78, 5) is 11.4. The molecule has 3 heterocycles. The summed E-state index contributed by atoms with van der Waals surface area (Å²) in [5.41, 5.74) is 0. The monoisotopic (exact) mass is 442 g/mol. The molecule has 0 aromatic carbocycles. The minimum atomic E-state index is -5.08. The average molecular weight is 442 g/mol. The number of carboxylic acid groups (broad SMARTS) is 1. The van der Waals surface area contributed by atoms with E-state index in [1.807, 2.05) is 6.08 Å². The second kappa shape index (κ2) is 9.88. The Morgan fingerprint density at radius 2 is 1.94 bits per heavy atom. The number of aromatic nitrogens is 7. The van der Waals surface area contributed by atoms with Crippen molar-refractivity contribution in [2.45, 2.75) is 63.7 Å². The van der Waals surface area contributed by atoms with Gasteiger partial charge in [-0.15, -0.1) is 27.0 Å². The average Bonchev–Trinajstić information content (AvgIpc) is 3.47. The zero-order valence-electron chi connectivity index (χ0n) is 16.9. The van der Waals surface area contributed by atoms with Crippen LogP contribution in [-0.4, -0.2) is 65.2 Å². The van der Waals surface area contributed by atoms with Crippen LogP contribution in [0.5, 0.6) is 0 Å². The first-order chi connectivity index (χ1) is 14.8.